The third-order valence-corrected chi connectivity index (χ3v) is 6.64. The SMILES string of the molecule is CCOC(=O)Cc1ccc(NC(=O)[C@H](COS(C)(=O)=O)NS(=O)(=O)c2ccc(Br)cc2)cc1. The van der Waals surface area contributed by atoms with Crippen LogP contribution >= 0.6 is 15.9 Å². The summed E-state index contributed by atoms with van der Waals surface area (Å²) in [5.74, 6) is -1.23. The van der Waals surface area contributed by atoms with Crippen LogP contribution in [0.4, 0.5) is 5.69 Å². The van der Waals surface area contributed by atoms with Crippen molar-refractivity contribution in [3.8, 4) is 0 Å². The third kappa shape index (κ3) is 9.21. The second-order valence-corrected chi connectivity index (χ2v) is 11.1. The molecule has 2 aromatic carbocycles. The summed E-state index contributed by atoms with van der Waals surface area (Å²) < 4.78 is 60.5. The summed E-state index contributed by atoms with van der Waals surface area (Å²) in [4.78, 5) is 24.2. The number of rotatable bonds is 11. The van der Waals surface area contributed by atoms with Crippen LogP contribution in [0.5, 0.6) is 0 Å². The highest BCUT2D eigenvalue weighted by Gasteiger charge is 2.27. The van der Waals surface area contributed by atoms with Gasteiger partial charge in [-0.05, 0) is 48.9 Å². The first-order valence-corrected chi connectivity index (χ1v) is 13.7. The van der Waals surface area contributed by atoms with Gasteiger partial charge in [0, 0.05) is 10.2 Å². The molecule has 0 aliphatic heterocycles. The molecule has 10 nitrogen and oxygen atoms in total. The highest BCUT2D eigenvalue weighted by molar-refractivity contribution is 9.10. The molecule has 33 heavy (non-hydrogen) atoms. The fraction of sp³-hybridized carbons (Fsp3) is 0.300. The topological polar surface area (TPSA) is 145 Å². The lowest BCUT2D eigenvalue weighted by Crippen LogP contribution is -2.47. The summed E-state index contributed by atoms with van der Waals surface area (Å²) in [5.41, 5.74) is 0.958. The Morgan fingerprint density at radius 1 is 1.00 bits per heavy atom. The molecule has 0 aliphatic carbocycles. The van der Waals surface area contributed by atoms with Crippen molar-refractivity contribution >= 4 is 53.6 Å². The minimum absolute atomic E-state index is 0.0554. The van der Waals surface area contributed by atoms with Crippen molar-refractivity contribution in [1.29, 1.82) is 0 Å². The Morgan fingerprint density at radius 2 is 1.61 bits per heavy atom. The van der Waals surface area contributed by atoms with E-state index in [0.29, 0.717) is 15.7 Å². The van der Waals surface area contributed by atoms with E-state index >= 15 is 0 Å². The van der Waals surface area contributed by atoms with E-state index in [9.17, 15) is 26.4 Å². The molecule has 2 N–H and O–H groups in total. The van der Waals surface area contributed by atoms with E-state index in [1.165, 1.54) is 36.4 Å². The molecule has 1 amide bonds. The highest BCUT2D eigenvalue weighted by Crippen LogP contribution is 2.16. The molecule has 2 aromatic rings. The largest absolute Gasteiger partial charge is 0.466 e. The lowest BCUT2D eigenvalue weighted by Gasteiger charge is -2.18. The van der Waals surface area contributed by atoms with E-state index in [4.69, 9.17) is 4.74 Å². The number of ether oxygens (including phenoxy) is 1. The maximum absolute atomic E-state index is 12.7. The van der Waals surface area contributed by atoms with Crippen molar-refractivity contribution in [1.82, 2.24) is 4.72 Å². The molecule has 0 aromatic heterocycles. The van der Waals surface area contributed by atoms with E-state index in [-0.39, 0.29) is 17.9 Å². The van der Waals surface area contributed by atoms with Crippen molar-refractivity contribution in [2.45, 2.75) is 24.3 Å². The zero-order valence-corrected chi connectivity index (χ0v) is 21.0. The molecule has 0 aliphatic rings. The number of amides is 1. The Kier molecular flexibility index (Phi) is 9.55. The van der Waals surface area contributed by atoms with Crippen molar-refractivity contribution in [3.05, 3.63) is 58.6 Å². The average Bonchev–Trinajstić information content (AvgIpc) is 2.72. The molecular formula is C20H23BrN2O8S2. The zero-order chi connectivity index (χ0) is 24.6. The molecule has 0 unspecified atom stereocenters. The number of esters is 1. The second kappa shape index (κ2) is 11.7. The predicted molar refractivity (Wildman–Crippen MR) is 124 cm³/mol. The van der Waals surface area contributed by atoms with Gasteiger partial charge in [0.05, 0.1) is 30.8 Å². The lowest BCUT2D eigenvalue weighted by molar-refractivity contribution is -0.142. The van der Waals surface area contributed by atoms with Crippen molar-refractivity contribution < 1.29 is 35.3 Å². The normalized spacial score (nSPS) is 12.7. The first-order valence-electron chi connectivity index (χ1n) is 9.57. The van der Waals surface area contributed by atoms with Gasteiger partial charge in [-0.3, -0.25) is 13.8 Å². The number of carbonyl (C=O) groups is 2. The van der Waals surface area contributed by atoms with Gasteiger partial charge in [-0.25, -0.2) is 8.42 Å². The third-order valence-electron chi connectivity index (χ3n) is 4.06. The van der Waals surface area contributed by atoms with E-state index < -0.39 is 44.7 Å². The monoisotopic (exact) mass is 562 g/mol. The summed E-state index contributed by atoms with van der Waals surface area (Å²) in [6, 6.07) is 10.3. The maximum Gasteiger partial charge on any atom is 0.310 e. The highest BCUT2D eigenvalue weighted by atomic mass is 79.9. The summed E-state index contributed by atoms with van der Waals surface area (Å²) in [6.07, 6.45) is 0.841. The van der Waals surface area contributed by atoms with Gasteiger partial charge in [-0.2, -0.15) is 13.1 Å². The minimum Gasteiger partial charge on any atom is -0.466 e. The van der Waals surface area contributed by atoms with Crippen molar-refractivity contribution in [3.63, 3.8) is 0 Å². The molecule has 0 spiro atoms. The predicted octanol–water partition coefficient (Wildman–Crippen LogP) is 1.82. The number of anilines is 1. The van der Waals surface area contributed by atoms with Gasteiger partial charge in [-0.15, -0.1) is 0 Å². The Morgan fingerprint density at radius 3 is 2.15 bits per heavy atom. The summed E-state index contributed by atoms with van der Waals surface area (Å²) in [5, 5.41) is 2.50. The summed E-state index contributed by atoms with van der Waals surface area (Å²) in [7, 11) is -8.10. The van der Waals surface area contributed by atoms with Gasteiger partial charge in [0.1, 0.15) is 6.04 Å². The molecule has 2 rings (SSSR count). The zero-order valence-electron chi connectivity index (χ0n) is 17.8. The first kappa shape index (κ1) is 26.9. The van der Waals surface area contributed by atoms with Crippen LogP contribution in [0.3, 0.4) is 0 Å². The fourth-order valence-electron chi connectivity index (χ4n) is 2.54. The van der Waals surface area contributed by atoms with Crippen LogP contribution in [0.1, 0.15) is 12.5 Å². The van der Waals surface area contributed by atoms with Crippen LogP contribution in [0.15, 0.2) is 57.9 Å². The van der Waals surface area contributed by atoms with Crippen LogP contribution in [-0.2, 0) is 45.1 Å². The van der Waals surface area contributed by atoms with Crippen LogP contribution < -0.4 is 10.0 Å². The quantitative estimate of drug-likeness (QED) is 0.311. The van der Waals surface area contributed by atoms with Crippen LogP contribution in [0.25, 0.3) is 0 Å². The van der Waals surface area contributed by atoms with E-state index in [0.717, 1.165) is 6.26 Å². The molecule has 0 radical (unpaired) electrons. The lowest BCUT2D eigenvalue weighted by atomic mass is 10.1. The summed E-state index contributed by atoms with van der Waals surface area (Å²) in [6.45, 7) is 1.22. The number of halogens is 1. The fourth-order valence-corrected chi connectivity index (χ4v) is 4.37. The van der Waals surface area contributed by atoms with Crippen molar-refractivity contribution in [2.75, 3.05) is 24.8 Å². The van der Waals surface area contributed by atoms with Gasteiger partial charge in [0.25, 0.3) is 10.1 Å². The van der Waals surface area contributed by atoms with Crippen LogP contribution in [0.2, 0.25) is 0 Å². The van der Waals surface area contributed by atoms with Crippen LogP contribution in [-0.4, -0.2) is 54.2 Å². The van der Waals surface area contributed by atoms with Gasteiger partial charge in [-0.1, -0.05) is 28.1 Å². The second-order valence-electron chi connectivity index (χ2n) is 6.78. The number of carbonyl (C=O) groups excluding carboxylic acids is 2. The molecular weight excluding hydrogens is 540 g/mol. The average molecular weight is 563 g/mol. The number of benzene rings is 2. The maximum atomic E-state index is 12.7. The number of hydrogen-bond acceptors (Lipinski definition) is 8. The first-order chi connectivity index (χ1) is 15.4. The standard InChI is InChI=1S/C20H23BrN2O8S2/c1-3-30-19(24)12-14-4-8-16(9-5-14)22-20(25)18(13-31-32(2,26)27)23-33(28,29)17-10-6-15(21)7-11-17/h4-11,18,23H,3,12-13H2,1-2H3,(H,22,25)/t18-/m0/s1. The minimum atomic E-state index is -4.16. The smallest absolute Gasteiger partial charge is 0.310 e. The van der Waals surface area contributed by atoms with E-state index in [1.54, 1.807) is 19.1 Å². The molecule has 0 saturated heterocycles. The molecule has 0 heterocycles. The Labute approximate surface area is 201 Å². The summed E-state index contributed by atoms with van der Waals surface area (Å²) >= 11 is 3.20. The number of hydrogen-bond donors (Lipinski definition) is 2. The van der Waals surface area contributed by atoms with Gasteiger partial charge >= 0.3 is 5.97 Å². The Bertz CT molecular complexity index is 1180. The molecule has 13 heteroatoms. The Balaban J connectivity index is 2.16. The molecule has 0 saturated carbocycles. The molecule has 0 bridgehead atoms. The molecule has 180 valence electrons. The van der Waals surface area contributed by atoms with Crippen LogP contribution in [0, 0.1) is 0 Å². The number of nitrogens with one attached hydrogen (secondary N) is 2. The van der Waals surface area contributed by atoms with Gasteiger partial charge in [0.15, 0.2) is 0 Å². The van der Waals surface area contributed by atoms with Gasteiger partial charge in [0.2, 0.25) is 15.9 Å². The number of sulfonamides is 1. The Hall–Kier alpha value is -2.32. The van der Waals surface area contributed by atoms with E-state index in [2.05, 4.69) is 30.2 Å². The van der Waals surface area contributed by atoms with Gasteiger partial charge < -0.3 is 10.1 Å². The van der Waals surface area contributed by atoms with Crippen molar-refractivity contribution in [2.24, 2.45) is 0 Å². The molecule has 1 atom stereocenters. The van der Waals surface area contributed by atoms with E-state index in [1.807, 2.05) is 0 Å². The molecule has 0 fully saturated rings.